The molecule has 0 atom stereocenters. The predicted molar refractivity (Wildman–Crippen MR) is 94.4 cm³/mol. The first-order valence-electron chi connectivity index (χ1n) is 8.65. The molecule has 0 bridgehead atoms. The van der Waals surface area contributed by atoms with Crippen LogP contribution >= 0.6 is 0 Å². The summed E-state index contributed by atoms with van der Waals surface area (Å²) in [5.74, 6) is -3.30. The molecule has 0 radical (unpaired) electrons. The highest BCUT2D eigenvalue weighted by Gasteiger charge is 2.51. The van der Waals surface area contributed by atoms with Gasteiger partial charge in [0.1, 0.15) is 11.6 Å². The standard InChI is InChI=1S/C18H24F2O6Si/c1-13(21)24-27(25-14(2)22,26-15(3)23)9-7-5-4-6-8-16-10-17(19)12-18(20)11-16/h10-12H,4-9H2,1-3H3. The molecule has 0 spiro atoms. The molecule has 0 aromatic heterocycles. The number of hydrogen-bond acceptors (Lipinski definition) is 6. The van der Waals surface area contributed by atoms with Crippen molar-refractivity contribution >= 4 is 26.7 Å². The lowest BCUT2D eigenvalue weighted by atomic mass is 10.1. The number of rotatable bonds is 10. The predicted octanol–water partition coefficient (Wildman–Crippen LogP) is 3.70. The van der Waals surface area contributed by atoms with Gasteiger partial charge in [-0.2, -0.15) is 0 Å². The number of hydrogen-bond donors (Lipinski definition) is 0. The average molecular weight is 402 g/mol. The minimum absolute atomic E-state index is 0.125. The fourth-order valence-corrected chi connectivity index (χ4v) is 5.08. The number of carbonyl (C=O) groups excluding carboxylic acids is 3. The van der Waals surface area contributed by atoms with Gasteiger partial charge < -0.3 is 13.3 Å². The first-order valence-corrected chi connectivity index (χ1v) is 10.6. The van der Waals surface area contributed by atoms with Gasteiger partial charge in [-0.1, -0.05) is 12.8 Å². The van der Waals surface area contributed by atoms with E-state index in [2.05, 4.69) is 0 Å². The van der Waals surface area contributed by atoms with E-state index in [4.69, 9.17) is 13.3 Å². The summed E-state index contributed by atoms with van der Waals surface area (Å²) in [6, 6.07) is 3.54. The fraction of sp³-hybridized carbons (Fsp3) is 0.500. The van der Waals surface area contributed by atoms with E-state index >= 15 is 0 Å². The summed E-state index contributed by atoms with van der Waals surface area (Å²) in [7, 11) is -3.77. The number of unbranched alkanes of at least 4 members (excludes halogenated alkanes) is 3. The third-order valence-electron chi connectivity index (χ3n) is 3.52. The molecule has 27 heavy (non-hydrogen) atoms. The fourth-order valence-electron chi connectivity index (χ4n) is 2.65. The molecule has 0 aliphatic heterocycles. The first kappa shape index (κ1) is 22.7. The van der Waals surface area contributed by atoms with Crippen molar-refractivity contribution in [1.82, 2.24) is 0 Å². The second kappa shape index (κ2) is 10.8. The van der Waals surface area contributed by atoms with Gasteiger partial charge in [0.05, 0.1) is 6.04 Å². The van der Waals surface area contributed by atoms with Crippen LogP contribution in [0.4, 0.5) is 8.78 Å². The van der Waals surface area contributed by atoms with Crippen LogP contribution in [0.3, 0.4) is 0 Å². The highest BCUT2D eigenvalue weighted by Crippen LogP contribution is 2.22. The Hall–Kier alpha value is -2.29. The lowest BCUT2D eigenvalue weighted by molar-refractivity contribution is -0.147. The lowest BCUT2D eigenvalue weighted by Crippen LogP contribution is -2.49. The maximum absolute atomic E-state index is 13.1. The van der Waals surface area contributed by atoms with Gasteiger partial charge in [0.25, 0.3) is 17.9 Å². The van der Waals surface area contributed by atoms with Crippen molar-refractivity contribution < 1.29 is 36.4 Å². The van der Waals surface area contributed by atoms with Crippen molar-refractivity contribution in [1.29, 1.82) is 0 Å². The molecule has 1 aromatic rings. The Labute approximate surface area is 158 Å². The molecule has 9 heteroatoms. The summed E-state index contributed by atoms with van der Waals surface area (Å²) in [5.41, 5.74) is 0.580. The maximum Gasteiger partial charge on any atom is 0.705 e. The van der Waals surface area contributed by atoms with Crippen LogP contribution in [0.15, 0.2) is 18.2 Å². The smallest absolute Gasteiger partial charge is 0.455 e. The second-order valence-electron chi connectivity index (χ2n) is 6.16. The SMILES string of the molecule is CC(=O)O[Si](CCCCCCc1cc(F)cc(F)c1)(OC(C)=O)OC(C)=O. The molecule has 0 saturated heterocycles. The van der Waals surface area contributed by atoms with E-state index in [9.17, 15) is 23.2 Å². The van der Waals surface area contributed by atoms with E-state index in [0.717, 1.165) is 33.3 Å². The van der Waals surface area contributed by atoms with Crippen molar-refractivity contribution in [2.45, 2.75) is 58.9 Å². The summed E-state index contributed by atoms with van der Waals surface area (Å²) in [6.45, 7) is 3.44. The Bertz CT molecular complexity index is 619. The molecule has 0 N–H and O–H groups in total. The van der Waals surface area contributed by atoms with Crippen LogP contribution in [0.25, 0.3) is 0 Å². The molecule has 0 amide bonds. The van der Waals surface area contributed by atoms with Crippen LogP contribution in [-0.4, -0.2) is 26.7 Å². The zero-order chi connectivity index (χ0) is 20.4. The van der Waals surface area contributed by atoms with Crippen LogP contribution in [-0.2, 0) is 34.1 Å². The first-order chi connectivity index (χ1) is 12.6. The minimum atomic E-state index is -3.77. The van der Waals surface area contributed by atoms with Gasteiger partial charge in [-0.3, -0.25) is 14.4 Å². The highest BCUT2D eigenvalue weighted by atomic mass is 28.4. The Morgan fingerprint density at radius 1 is 0.778 bits per heavy atom. The summed E-state index contributed by atoms with van der Waals surface area (Å²) in [5, 5.41) is 0. The number of aryl methyl sites for hydroxylation is 1. The third-order valence-corrected chi connectivity index (χ3v) is 6.28. The molecule has 0 aliphatic carbocycles. The largest absolute Gasteiger partial charge is 0.705 e. The summed E-state index contributed by atoms with van der Waals surface area (Å²) in [4.78, 5) is 34.0. The van der Waals surface area contributed by atoms with Gasteiger partial charge in [-0.25, -0.2) is 8.78 Å². The van der Waals surface area contributed by atoms with Crippen molar-refractivity contribution in [2.24, 2.45) is 0 Å². The van der Waals surface area contributed by atoms with Gasteiger partial charge in [0, 0.05) is 26.8 Å². The Balaban J connectivity index is 2.53. The van der Waals surface area contributed by atoms with E-state index in [-0.39, 0.29) is 6.04 Å². The molecule has 1 rings (SSSR count). The van der Waals surface area contributed by atoms with Crippen LogP contribution in [0.5, 0.6) is 0 Å². The molecule has 0 fully saturated rings. The van der Waals surface area contributed by atoms with Crippen molar-refractivity contribution in [3.63, 3.8) is 0 Å². The minimum Gasteiger partial charge on any atom is -0.455 e. The molecule has 150 valence electrons. The molecule has 0 heterocycles. The second-order valence-corrected chi connectivity index (χ2v) is 8.63. The maximum atomic E-state index is 13.1. The van der Waals surface area contributed by atoms with Gasteiger partial charge >= 0.3 is 8.80 Å². The zero-order valence-corrected chi connectivity index (χ0v) is 16.7. The molecular weight excluding hydrogens is 378 g/mol. The van der Waals surface area contributed by atoms with E-state index in [1.807, 2.05) is 0 Å². The highest BCUT2D eigenvalue weighted by molar-refractivity contribution is 6.65. The molecule has 1 aromatic carbocycles. The van der Waals surface area contributed by atoms with E-state index in [1.165, 1.54) is 12.1 Å². The third kappa shape index (κ3) is 9.27. The molecule has 0 aliphatic rings. The lowest BCUT2D eigenvalue weighted by Gasteiger charge is -2.26. The quantitative estimate of drug-likeness (QED) is 0.439. The van der Waals surface area contributed by atoms with E-state index < -0.39 is 38.3 Å². The van der Waals surface area contributed by atoms with Crippen molar-refractivity contribution in [2.75, 3.05) is 0 Å². The topological polar surface area (TPSA) is 78.9 Å². The monoisotopic (exact) mass is 402 g/mol. The van der Waals surface area contributed by atoms with E-state index in [0.29, 0.717) is 31.2 Å². The van der Waals surface area contributed by atoms with Crippen LogP contribution in [0.1, 0.15) is 52.0 Å². The number of carbonyl (C=O) groups is 3. The molecular formula is C18H24F2O6Si. The van der Waals surface area contributed by atoms with Crippen LogP contribution < -0.4 is 0 Å². The van der Waals surface area contributed by atoms with Gasteiger partial charge in [-0.05, 0) is 37.0 Å². The normalized spacial score (nSPS) is 11.0. The molecule has 0 unspecified atom stereocenters. The van der Waals surface area contributed by atoms with E-state index in [1.54, 1.807) is 0 Å². The molecule has 0 saturated carbocycles. The Morgan fingerprint density at radius 3 is 1.67 bits per heavy atom. The summed E-state index contributed by atoms with van der Waals surface area (Å²) >= 11 is 0. The van der Waals surface area contributed by atoms with Gasteiger partial charge in [0.15, 0.2) is 0 Å². The summed E-state index contributed by atoms with van der Waals surface area (Å²) in [6.07, 6.45) is 3.14. The number of benzene rings is 1. The van der Waals surface area contributed by atoms with Crippen LogP contribution in [0.2, 0.25) is 6.04 Å². The van der Waals surface area contributed by atoms with Crippen molar-refractivity contribution in [3.8, 4) is 0 Å². The zero-order valence-electron chi connectivity index (χ0n) is 15.7. The summed E-state index contributed by atoms with van der Waals surface area (Å²) < 4.78 is 41.6. The van der Waals surface area contributed by atoms with Gasteiger partial charge in [0.2, 0.25) is 0 Å². The van der Waals surface area contributed by atoms with Crippen molar-refractivity contribution in [3.05, 3.63) is 35.4 Å². The Morgan fingerprint density at radius 2 is 1.22 bits per heavy atom. The average Bonchev–Trinajstić information content (AvgIpc) is 2.47. The Kier molecular flexibility index (Phi) is 9.06. The van der Waals surface area contributed by atoms with Gasteiger partial charge in [-0.15, -0.1) is 0 Å². The number of halogens is 2. The van der Waals surface area contributed by atoms with Crippen LogP contribution in [0, 0.1) is 11.6 Å². The molecule has 6 nitrogen and oxygen atoms in total.